The standard InChI is InChI=1S/C7H12O6/c8-3-1-7(13,6(11)12)2-4(9)5(3)10/h3-5,8-10,13H,1-2H2,(H,11,12)/t3-,4+,5-,7+. The third-order valence-electron chi connectivity index (χ3n) is 2.28. The highest BCUT2D eigenvalue weighted by Gasteiger charge is 2.48. The summed E-state index contributed by atoms with van der Waals surface area (Å²) in [7, 11) is 0. The van der Waals surface area contributed by atoms with Crippen LogP contribution < -0.4 is 0 Å². The lowest BCUT2D eigenvalue weighted by Crippen LogP contribution is -2.56. The number of carboxylic acids is 1. The highest BCUT2D eigenvalue weighted by molar-refractivity contribution is 5.77. The maximum Gasteiger partial charge on any atom is 0.335 e. The number of aliphatic hydroxyl groups is 4. The Hall–Kier alpha value is -0.690. The number of rotatable bonds is 1. The van der Waals surface area contributed by atoms with E-state index in [2.05, 4.69) is 0 Å². The summed E-state index contributed by atoms with van der Waals surface area (Å²) >= 11 is 0. The van der Waals surface area contributed by atoms with Crippen LogP contribution in [0, 0.1) is 0 Å². The van der Waals surface area contributed by atoms with Crippen LogP contribution in [0.5, 0.6) is 0 Å². The van der Waals surface area contributed by atoms with Crippen molar-refractivity contribution in [3.8, 4) is 0 Å². The first kappa shape index (κ1) is 10.4. The van der Waals surface area contributed by atoms with Gasteiger partial charge in [-0.2, -0.15) is 0 Å². The quantitative estimate of drug-likeness (QED) is 0.318. The Labute approximate surface area is 74.1 Å². The lowest BCUT2D eigenvalue weighted by atomic mass is 9.80. The molecule has 4 atom stereocenters. The predicted octanol–water partition coefficient (Wildman–Crippen LogP) is -2.32. The number of hydrogen-bond acceptors (Lipinski definition) is 5. The molecule has 0 bridgehead atoms. The smallest absolute Gasteiger partial charge is 0.335 e. The van der Waals surface area contributed by atoms with Gasteiger partial charge in [-0.3, -0.25) is 0 Å². The SMILES string of the molecule is O=C(O)[C@]1(O)C[C@@H](O)[C@@H](O)[C@@H](O)C1. The largest absolute Gasteiger partial charge is 0.479 e. The minimum atomic E-state index is -2.14. The highest BCUT2D eigenvalue weighted by atomic mass is 16.4. The van der Waals surface area contributed by atoms with Crippen LogP contribution >= 0.6 is 0 Å². The Kier molecular flexibility index (Phi) is 2.58. The Bertz CT molecular complexity index is 203. The van der Waals surface area contributed by atoms with Gasteiger partial charge in [0.15, 0.2) is 5.60 Å². The lowest BCUT2D eigenvalue weighted by molar-refractivity contribution is -0.187. The van der Waals surface area contributed by atoms with Crippen LogP contribution in [0.4, 0.5) is 0 Å². The molecular weight excluding hydrogens is 180 g/mol. The maximum atomic E-state index is 10.5. The summed E-state index contributed by atoms with van der Waals surface area (Å²) in [6.45, 7) is 0. The van der Waals surface area contributed by atoms with Crippen molar-refractivity contribution in [1.82, 2.24) is 0 Å². The highest BCUT2D eigenvalue weighted by Crippen LogP contribution is 2.29. The van der Waals surface area contributed by atoms with E-state index in [4.69, 9.17) is 20.4 Å². The fourth-order valence-corrected chi connectivity index (χ4v) is 1.45. The van der Waals surface area contributed by atoms with Crippen LogP contribution in [0.15, 0.2) is 0 Å². The molecule has 5 N–H and O–H groups in total. The molecule has 0 aromatic carbocycles. The van der Waals surface area contributed by atoms with E-state index in [0.717, 1.165) is 0 Å². The van der Waals surface area contributed by atoms with Gasteiger partial charge in [0.2, 0.25) is 0 Å². The van der Waals surface area contributed by atoms with E-state index in [1.54, 1.807) is 0 Å². The molecule has 0 unspecified atom stereocenters. The van der Waals surface area contributed by atoms with E-state index < -0.39 is 42.7 Å². The number of hydrogen-bond donors (Lipinski definition) is 5. The first-order chi connectivity index (χ1) is 5.87. The first-order valence-electron chi connectivity index (χ1n) is 3.87. The average molecular weight is 192 g/mol. The van der Waals surface area contributed by atoms with E-state index in [9.17, 15) is 9.90 Å². The van der Waals surface area contributed by atoms with Gasteiger partial charge in [0.05, 0.1) is 12.2 Å². The molecule has 0 aromatic heterocycles. The summed E-state index contributed by atoms with van der Waals surface area (Å²) in [5.41, 5.74) is -2.14. The molecule has 0 radical (unpaired) electrons. The van der Waals surface area contributed by atoms with Gasteiger partial charge < -0.3 is 25.5 Å². The van der Waals surface area contributed by atoms with Crippen LogP contribution in [0.25, 0.3) is 0 Å². The third-order valence-corrected chi connectivity index (χ3v) is 2.28. The molecule has 6 heteroatoms. The van der Waals surface area contributed by atoms with Crippen molar-refractivity contribution in [2.75, 3.05) is 0 Å². The van der Waals surface area contributed by atoms with Crippen molar-refractivity contribution in [2.45, 2.75) is 36.8 Å². The lowest BCUT2D eigenvalue weighted by Gasteiger charge is -2.37. The van der Waals surface area contributed by atoms with Crippen molar-refractivity contribution >= 4 is 5.97 Å². The molecule has 0 amide bonds. The van der Waals surface area contributed by atoms with E-state index in [1.807, 2.05) is 0 Å². The molecule has 1 fully saturated rings. The molecule has 0 aliphatic heterocycles. The third kappa shape index (κ3) is 1.80. The van der Waals surface area contributed by atoms with Gasteiger partial charge in [-0.1, -0.05) is 0 Å². The zero-order valence-corrected chi connectivity index (χ0v) is 6.79. The van der Waals surface area contributed by atoms with E-state index >= 15 is 0 Å². The van der Waals surface area contributed by atoms with Crippen molar-refractivity contribution in [1.29, 1.82) is 0 Å². The second kappa shape index (κ2) is 3.22. The van der Waals surface area contributed by atoms with Gasteiger partial charge in [-0.25, -0.2) is 4.79 Å². The van der Waals surface area contributed by atoms with Gasteiger partial charge in [0, 0.05) is 12.8 Å². The molecule has 13 heavy (non-hydrogen) atoms. The van der Waals surface area contributed by atoms with Gasteiger partial charge in [-0.05, 0) is 0 Å². The zero-order valence-electron chi connectivity index (χ0n) is 6.79. The molecule has 0 spiro atoms. The Morgan fingerprint density at radius 1 is 1.15 bits per heavy atom. The Balaban J connectivity index is 2.79. The topological polar surface area (TPSA) is 118 Å². The van der Waals surface area contributed by atoms with Crippen LogP contribution in [-0.4, -0.2) is 55.4 Å². The number of carboxylic acid groups (broad SMARTS) is 1. The predicted molar refractivity (Wildman–Crippen MR) is 39.8 cm³/mol. The first-order valence-corrected chi connectivity index (χ1v) is 3.87. The number of aliphatic carboxylic acids is 1. The van der Waals surface area contributed by atoms with E-state index in [0.29, 0.717) is 0 Å². The second-order valence-electron chi connectivity index (χ2n) is 3.37. The summed E-state index contributed by atoms with van der Waals surface area (Å²) in [5, 5.41) is 45.2. The van der Waals surface area contributed by atoms with Crippen LogP contribution in [-0.2, 0) is 4.79 Å². The minimum Gasteiger partial charge on any atom is -0.479 e. The monoisotopic (exact) mass is 192 g/mol. The molecule has 0 saturated heterocycles. The second-order valence-corrected chi connectivity index (χ2v) is 3.37. The molecule has 1 rings (SSSR count). The van der Waals surface area contributed by atoms with Gasteiger partial charge in [-0.15, -0.1) is 0 Å². The molecule has 6 nitrogen and oxygen atoms in total. The fraction of sp³-hybridized carbons (Fsp3) is 0.857. The molecule has 1 aliphatic carbocycles. The van der Waals surface area contributed by atoms with Crippen molar-refractivity contribution in [2.24, 2.45) is 0 Å². The van der Waals surface area contributed by atoms with Crippen LogP contribution in [0.1, 0.15) is 12.8 Å². The number of aliphatic hydroxyl groups excluding tert-OH is 3. The summed E-state index contributed by atoms with van der Waals surface area (Å²) < 4.78 is 0. The average Bonchev–Trinajstić information content (AvgIpc) is 2.00. The summed E-state index contributed by atoms with van der Waals surface area (Å²) in [6.07, 6.45) is -5.16. The molecule has 1 aliphatic rings. The summed E-state index contributed by atoms with van der Waals surface area (Å²) in [5.74, 6) is -1.50. The van der Waals surface area contributed by atoms with Gasteiger partial charge in [0.1, 0.15) is 6.10 Å². The molecular formula is C7H12O6. The molecule has 0 aromatic rings. The summed E-state index contributed by atoms with van der Waals surface area (Å²) in [4.78, 5) is 10.5. The molecule has 0 heterocycles. The van der Waals surface area contributed by atoms with E-state index in [-0.39, 0.29) is 0 Å². The zero-order chi connectivity index (χ0) is 10.2. The normalized spacial score (nSPS) is 46.0. The van der Waals surface area contributed by atoms with Crippen molar-refractivity contribution in [3.63, 3.8) is 0 Å². The van der Waals surface area contributed by atoms with Crippen molar-refractivity contribution in [3.05, 3.63) is 0 Å². The minimum absolute atomic E-state index is 0.472. The summed E-state index contributed by atoms with van der Waals surface area (Å²) in [6, 6.07) is 0. The number of carbonyl (C=O) groups is 1. The van der Waals surface area contributed by atoms with Gasteiger partial charge >= 0.3 is 5.97 Å². The maximum absolute atomic E-state index is 10.5. The van der Waals surface area contributed by atoms with E-state index in [1.165, 1.54) is 0 Å². The van der Waals surface area contributed by atoms with Crippen LogP contribution in [0.3, 0.4) is 0 Å². The van der Waals surface area contributed by atoms with Crippen LogP contribution in [0.2, 0.25) is 0 Å². The van der Waals surface area contributed by atoms with Gasteiger partial charge in [0.25, 0.3) is 0 Å². The molecule has 1 saturated carbocycles. The fourth-order valence-electron chi connectivity index (χ4n) is 1.45. The van der Waals surface area contributed by atoms with Crippen molar-refractivity contribution < 1.29 is 30.3 Å². The molecule has 76 valence electrons. The Morgan fingerprint density at radius 2 is 1.54 bits per heavy atom. The Morgan fingerprint density at radius 3 is 1.85 bits per heavy atom.